The molecule has 2 amide bonds. The molecule has 0 aliphatic carbocycles. The number of ether oxygens (including phenoxy) is 2. The smallest absolute Gasteiger partial charge is 0.265 e. The molecule has 8 heteroatoms. The van der Waals surface area contributed by atoms with Gasteiger partial charge in [-0.05, 0) is 65.2 Å². The molecule has 0 saturated carbocycles. The van der Waals surface area contributed by atoms with Gasteiger partial charge in [-0.2, -0.15) is 0 Å². The van der Waals surface area contributed by atoms with Gasteiger partial charge in [0.1, 0.15) is 5.75 Å². The highest BCUT2D eigenvalue weighted by atomic mass is 16.5. The van der Waals surface area contributed by atoms with Crippen LogP contribution in [-0.4, -0.2) is 70.5 Å². The first kappa shape index (κ1) is 26.2. The van der Waals surface area contributed by atoms with Crippen LogP contribution in [0.5, 0.6) is 5.75 Å². The van der Waals surface area contributed by atoms with Gasteiger partial charge in [0.2, 0.25) is 5.91 Å². The first-order valence-corrected chi connectivity index (χ1v) is 13.4. The molecule has 0 unspecified atom stereocenters. The van der Waals surface area contributed by atoms with Crippen molar-refractivity contribution in [1.29, 1.82) is 0 Å². The number of aliphatic hydroxyl groups excluding tert-OH is 1. The number of fused-ring (bicyclic) bond motifs is 1. The van der Waals surface area contributed by atoms with Crippen LogP contribution in [0.4, 0.5) is 5.69 Å². The topological polar surface area (TPSA) is 99.5 Å². The number of aliphatic hydroxyl groups is 2. The van der Waals surface area contributed by atoms with Crippen molar-refractivity contribution in [3.63, 3.8) is 0 Å². The molecule has 1 aromatic carbocycles. The quantitative estimate of drug-likeness (QED) is 0.629. The van der Waals surface area contributed by atoms with Gasteiger partial charge in [-0.15, -0.1) is 0 Å². The number of methoxy groups -OCH3 is 1. The van der Waals surface area contributed by atoms with Gasteiger partial charge in [0, 0.05) is 29.5 Å². The maximum absolute atomic E-state index is 14.5. The highest BCUT2D eigenvalue weighted by molar-refractivity contribution is 6.12. The van der Waals surface area contributed by atoms with Gasteiger partial charge < -0.3 is 24.6 Å². The van der Waals surface area contributed by atoms with Crippen molar-refractivity contribution in [3.8, 4) is 5.75 Å². The Morgan fingerprint density at radius 3 is 2.62 bits per heavy atom. The number of carbonyl (C=O) groups excluding carboxylic acids is 2. The Hall–Kier alpha value is -2.42. The average Bonchev–Trinajstić information content (AvgIpc) is 3.46. The van der Waals surface area contributed by atoms with E-state index in [1.807, 2.05) is 44.7 Å². The van der Waals surface area contributed by atoms with E-state index in [9.17, 15) is 19.8 Å². The predicted molar refractivity (Wildman–Crippen MR) is 140 cm³/mol. The third-order valence-corrected chi connectivity index (χ3v) is 9.05. The summed E-state index contributed by atoms with van der Waals surface area (Å²) in [7, 11) is 1.61. The highest BCUT2D eigenvalue weighted by Gasteiger charge is 2.68. The molecule has 0 aromatic heterocycles. The Kier molecular flexibility index (Phi) is 6.05. The summed E-state index contributed by atoms with van der Waals surface area (Å²) in [4.78, 5) is 31.5. The number of hydrogen-bond donors (Lipinski definition) is 2. The van der Waals surface area contributed by atoms with Crippen molar-refractivity contribution in [2.24, 2.45) is 11.8 Å². The normalized spacial score (nSPS) is 32.2. The minimum atomic E-state index is -1.36. The van der Waals surface area contributed by atoms with Crippen LogP contribution < -0.4 is 9.64 Å². The van der Waals surface area contributed by atoms with E-state index < -0.39 is 34.7 Å². The molecule has 8 nitrogen and oxygen atoms in total. The zero-order valence-electron chi connectivity index (χ0n) is 23.0. The molecule has 4 heterocycles. The highest BCUT2D eigenvalue weighted by Crippen LogP contribution is 2.61. The summed E-state index contributed by atoms with van der Waals surface area (Å²) >= 11 is 0. The molecular weight excluding hydrogens is 472 g/mol. The lowest BCUT2D eigenvalue weighted by Gasteiger charge is -2.39. The van der Waals surface area contributed by atoms with Gasteiger partial charge in [-0.25, -0.2) is 0 Å². The van der Waals surface area contributed by atoms with E-state index in [1.165, 1.54) is 0 Å². The fraction of sp³-hybridized carbons (Fsp3) is 0.655. The third kappa shape index (κ3) is 3.67. The third-order valence-electron chi connectivity index (χ3n) is 9.05. The SMILES string of the molecule is COc1cc2c3c(c1)[C@]1(O[C@@H](CC(=O)N4CCC[C@H]4CO)[C@H](C(C)(C)O)[C@H]1C)C(=O)N3C(C)(C)C=C2C. The fourth-order valence-corrected chi connectivity index (χ4v) is 7.58. The average molecular weight is 513 g/mol. The van der Waals surface area contributed by atoms with Gasteiger partial charge in [0.15, 0.2) is 5.60 Å². The fourth-order valence-electron chi connectivity index (χ4n) is 7.58. The van der Waals surface area contributed by atoms with Crippen LogP contribution in [0, 0.1) is 11.8 Å². The predicted octanol–water partition coefficient (Wildman–Crippen LogP) is 3.23. The second-order valence-electron chi connectivity index (χ2n) is 12.3. The number of amides is 2. The largest absolute Gasteiger partial charge is 0.497 e. The number of benzene rings is 1. The number of allylic oxidation sites excluding steroid dienone is 1. The molecule has 4 aliphatic heterocycles. The molecule has 5 rings (SSSR count). The second-order valence-corrected chi connectivity index (χ2v) is 12.3. The van der Waals surface area contributed by atoms with E-state index in [0.717, 1.165) is 35.2 Å². The zero-order chi connectivity index (χ0) is 27.1. The van der Waals surface area contributed by atoms with E-state index in [2.05, 4.69) is 6.08 Å². The van der Waals surface area contributed by atoms with Gasteiger partial charge in [0.05, 0.1) is 49.1 Å². The summed E-state index contributed by atoms with van der Waals surface area (Å²) < 4.78 is 12.4. The van der Waals surface area contributed by atoms with Crippen LogP contribution in [-0.2, 0) is 19.9 Å². The summed E-state index contributed by atoms with van der Waals surface area (Å²) in [5.74, 6) is -0.542. The van der Waals surface area contributed by atoms with Crippen LogP contribution in [0.3, 0.4) is 0 Å². The minimum Gasteiger partial charge on any atom is -0.497 e. The Labute approximate surface area is 219 Å². The standard InChI is InChI=1S/C29H40N2O6/c1-16-14-27(3,4)31-25-20(16)11-19(36-7)12-21(25)29(26(31)34)17(2)24(28(5,6)35)22(37-29)13-23(33)30-10-8-9-18(30)15-32/h11-12,14,17-18,22,24,32,35H,8-10,13,15H2,1-7H3/t17-,18+,22+,24-,29+/m1/s1. The van der Waals surface area contributed by atoms with Gasteiger partial charge in [-0.1, -0.05) is 13.0 Å². The Morgan fingerprint density at radius 2 is 2.00 bits per heavy atom. The molecule has 2 saturated heterocycles. The van der Waals surface area contributed by atoms with Crippen molar-refractivity contribution in [2.75, 3.05) is 25.2 Å². The second kappa shape index (κ2) is 8.55. The van der Waals surface area contributed by atoms with Gasteiger partial charge in [-0.3, -0.25) is 14.5 Å². The van der Waals surface area contributed by atoms with Crippen molar-refractivity contribution < 1.29 is 29.3 Å². The van der Waals surface area contributed by atoms with Crippen molar-refractivity contribution in [2.45, 2.75) is 89.7 Å². The van der Waals surface area contributed by atoms with E-state index in [1.54, 1.807) is 25.9 Å². The van der Waals surface area contributed by atoms with Crippen molar-refractivity contribution in [1.82, 2.24) is 4.90 Å². The van der Waals surface area contributed by atoms with E-state index >= 15 is 0 Å². The Balaban J connectivity index is 1.63. The van der Waals surface area contributed by atoms with Crippen LogP contribution in [0.15, 0.2) is 18.2 Å². The molecule has 1 spiro atoms. The monoisotopic (exact) mass is 512 g/mol. The molecule has 1 aromatic rings. The minimum absolute atomic E-state index is 0.0390. The van der Waals surface area contributed by atoms with Crippen LogP contribution >= 0.6 is 0 Å². The van der Waals surface area contributed by atoms with E-state index in [0.29, 0.717) is 12.3 Å². The zero-order valence-corrected chi connectivity index (χ0v) is 23.0. The number of hydrogen-bond acceptors (Lipinski definition) is 6. The summed E-state index contributed by atoms with van der Waals surface area (Å²) in [6, 6.07) is 3.65. The molecule has 2 fully saturated rings. The van der Waals surface area contributed by atoms with Crippen LogP contribution in [0.2, 0.25) is 0 Å². The molecule has 5 atom stereocenters. The molecule has 0 radical (unpaired) electrons. The molecule has 202 valence electrons. The van der Waals surface area contributed by atoms with Crippen LogP contribution in [0.25, 0.3) is 5.57 Å². The summed E-state index contributed by atoms with van der Waals surface area (Å²) in [6.45, 7) is 12.0. The van der Waals surface area contributed by atoms with Crippen LogP contribution in [0.1, 0.15) is 71.9 Å². The summed E-state index contributed by atoms with van der Waals surface area (Å²) in [5.41, 5.74) is 0.410. The lowest BCUT2D eigenvalue weighted by Crippen LogP contribution is -2.53. The maximum atomic E-state index is 14.5. The Bertz CT molecular complexity index is 1170. The lowest BCUT2D eigenvalue weighted by atomic mass is 9.70. The first-order valence-electron chi connectivity index (χ1n) is 13.4. The summed E-state index contributed by atoms with van der Waals surface area (Å²) in [5, 5.41) is 21.1. The van der Waals surface area contributed by atoms with Gasteiger partial charge >= 0.3 is 0 Å². The molecule has 0 bridgehead atoms. The van der Waals surface area contributed by atoms with Crippen molar-refractivity contribution in [3.05, 3.63) is 29.3 Å². The number of rotatable bonds is 5. The van der Waals surface area contributed by atoms with Gasteiger partial charge in [0.25, 0.3) is 5.91 Å². The molecule has 2 N–H and O–H groups in total. The van der Waals surface area contributed by atoms with Crippen molar-refractivity contribution >= 4 is 23.1 Å². The number of nitrogens with zero attached hydrogens (tertiary/aromatic N) is 2. The lowest BCUT2D eigenvalue weighted by molar-refractivity contribution is -0.151. The Morgan fingerprint density at radius 1 is 1.30 bits per heavy atom. The first-order chi connectivity index (χ1) is 17.3. The van der Waals surface area contributed by atoms with E-state index in [4.69, 9.17) is 9.47 Å². The van der Waals surface area contributed by atoms with E-state index in [-0.39, 0.29) is 30.9 Å². The molecular formula is C29H40N2O6. The number of anilines is 1. The number of carbonyl (C=O) groups is 2. The molecule has 37 heavy (non-hydrogen) atoms. The summed E-state index contributed by atoms with van der Waals surface area (Å²) in [6.07, 6.45) is 3.08. The molecule has 4 aliphatic rings. The number of likely N-dealkylation sites (tertiary alicyclic amines) is 1. The maximum Gasteiger partial charge on any atom is 0.265 e.